The molecule has 2 aliphatic heterocycles. The molecule has 1 aromatic carbocycles. The summed E-state index contributed by atoms with van der Waals surface area (Å²) in [5.41, 5.74) is 8.45. The fraction of sp³-hybridized carbons (Fsp3) is 0.423. The maximum absolute atomic E-state index is 14.0. The van der Waals surface area contributed by atoms with Crippen molar-refractivity contribution in [2.45, 2.75) is 57.8 Å². The lowest BCUT2D eigenvalue weighted by Crippen LogP contribution is -2.37. The third kappa shape index (κ3) is 4.54. The molecule has 0 saturated carbocycles. The number of nitrogens with zero attached hydrogens (tertiary/aromatic N) is 4. The predicted octanol–water partition coefficient (Wildman–Crippen LogP) is 4.53. The van der Waals surface area contributed by atoms with Crippen molar-refractivity contribution >= 4 is 11.9 Å². The highest BCUT2D eigenvalue weighted by atomic mass is 19.1. The highest BCUT2D eigenvalue weighted by molar-refractivity contribution is 5.69. The van der Waals surface area contributed by atoms with Crippen LogP contribution in [0, 0.1) is 5.82 Å². The molecule has 9 heteroatoms. The van der Waals surface area contributed by atoms with Crippen molar-refractivity contribution in [1.82, 2.24) is 19.7 Å². The summed E-state index contributed by atoms with van der Waals surface area (Å²) in [7, 11) is 0. The van der Waals surface area contributed by atoms with E-state index in [9.17, 15) is 9.18 Å². The highest BCUT2D eigenvalue weighted by Gasteiger charge is 2.47. The summed E-state index contributed by atoms with van der Waals surface area (Å²) in [5.74, 6) is 0.283. The number of hydrogen-bond donors (Lipinski definition) is 1. The van der Waals surface area contributed by atoms with Crippen molar-refractivity contribution in [3.05, 3.63) is 59.7 Å². The SMILES string of the molecule is CC(C)(C)OC(=O)N1CC[C@@]2(CCn3nc(-c4cnc(N)c(OCc5ccccc5F)c4)cc32)C1. The average Bonchev–Trinajstić information content (AvgIpc) is 3.50. The van der Waals surface area contributed by atoms with E-state index < -0.39 is 5.60 Å². The van der Waals surface area contributed by atoms with Crippen LogP contribution in [0.25, 0.3) is 11.3 Å². The van der Waals surface area contributed by atoms with Crippen LogP contribution in [0.3, 0.4) is 0 Å². The van der Waals surface area contributed by atoms with Gasteiger partial charge in [-0.2, -0.15) is 5.10 Å². The largest absolute Gasteiger partial charge is 0.485 e. The fourth-order valence-corrected chi connectivity index (χ4v) is 4.85. The Kier molecular flexibility index (Phi) is 5.65. The number of benzene rings is 1. The van der Waals surface area contributed by atoms with E-state index in [4.69, 9.17) is 20.3 Å². The lowest BCUT2D eigenvalue weighted by molar-refractivity contribution is 0.0284. The van der Waals surface area contributed by atoms with Gasteiger partial charge in [-0.05, 0) is 51.8 Å². The molecule has 1 amide bonds. The van der Waals surface area contributed by atoms with Crippen molar-refractivity contribution in [3.8, 4) is 17.0 Å². The number of nitrogen functional groups attached to an aromatic ring is 1. The van der Waals surface area contributed by atoms with Gasteiger partial charge in [-0.25, -0.2) is 14.2 Å². The van der Waals surface area contributed by atoms with Gasteiger partial charge in [-0.3, -0.25) is 4.68 Å². The van der Waals surface area contributed by atoms with Gasteiger partial charge in [-0.15, -0.1) is 0 Å². The first kappa shape index (κ1) is 23.1. The molecule has 35 heavy (non-hydrogen) atoms. The van der Waals surface area contributed by atoms with E-state index >= 15 is 0 Å². The Labute approximate surface area is 203 Å². The number of rotatable bonds is 4. The summed E-state index contributed by atoms with van der Waals surface area (Å²) >= 11 is 0. The lowest BCUT2D eigenvalue weighted by Gasteiger charge is -2.26. The Bertz CT molecular complexity index is 1270. The van der Waals surface area contributed by atoms with Crippen LogP contribution in [0.15, 0.2) is 42.6 Å². The third-order valence-corrected chi connectivity index (χ3v) is 6.65. The van der Waals surface area contributed by atoms with E-state index in [0.717, 1.165) is 36.3 Å². The fourth-order valence-electron chi connectivity index (χ4n) is 4.85. The van der Waals surface area contributed by atoms with Crippen LogP contribution in [0.5, 0.6) is 5.75 Å². The minimum atomic E-state index is -0.522. The van der Waals surface area contributed by atoms with E-state index in [2.05, 4.69) is 11.1 Å². The van der Waals surface area contributed by atoms with Crippen molar-refractivity contribution in [1.29, 1.82) is 0 Å². The highest BCUT2D eigenvalue weighted by Crippen LogP contribution is 2.44. The Morgan fingerprint density at radius 3 is 2.74 bits per heavy atom. The molecule has 2 aliphatic rings. The molecule has 0 aliphatic carbocycles. The zero-order valence-electron chi connectivity index (χ0n) is 20.3. The van der Waals surface area contributed by atoms with Crippen LogP contribution in [0.4, 0.5) is 15.0 Å². The van der Waals surface area contributed by atoms with Gasteiger partial charge in [0.2, 0.25) is 0 Å². The predicted molar refractivity (Wildman–Crippen MR) is 129 cm³/mol. The number of anilines is 1. The molecule has 184 valence electrons. The Hall–Kier alpha value is -3.62. The first-order valence-corrected chi connectivity index (χ1v) is 11.8. The molecule has 0 radical (unpaired) electrons. The molecule has 8 nitrogen and oxygen atoms in total. The van der Waals surface area contributed by atoms with Crippen LogP contribution in [-0.2, 0) is 23.3 Å². The van der Waals surface area contributed by atoms with E-state index in [1.165, 1.54) is 6.07 Å². The van der Waals surface area contributed by atoms with Crippen LogP contribution >= 0.6 is 0 Å². The van der Waals surface area contributed by atoms with Crippen LogP contribution < -0.4 is 10.5 Å². The van der Waals surface area contributed by atoms with E-state index in [1.54, 1.807) is 35.4 Å². The summed E-state index contributed by atoms with van der Waals surface area (Å²) in [6.45, 7) is 7.74. The molecule has 1 spiro atoms. The summed E-state index contributed by atoms with van der Waals surface area (Å²) in [6.07, 6.45) is 3.20. The molecule has 3 aromatic rings. The Morgan fingerprint density at radius 2 is 1.97 bits per heavy atom. The van der Waals surface area contributed by atoms with Crippen LogP contribution in [0.2, 0.25) is 0 Å². The number of carbonyl (C=O) groups is 1. The quantitative estimate of drug-likeness (QED) is 0.591. The number of ether oxygens (including phenoxy) is 2. The minimum Gasteiger partial charge on any atom is -0.485 e. The topological polar surface area (TPSA) is 95.5 Å². The monoisotopic (exact) mass is 479 g/mol. The number of hydrogen-bond acceptors (Lipinski definition) is 6. The molecule has 4 heterocycles. The molecule has 0 unspecified atom stereocenters. The van der Waals surface area contributed by atoms with Gasteiger partial charge in [-0.1, -0.05) is 18.2 Å². The van der Waals surface area contributed by atoms with Gasteiger partial charge in [0, 0.05) is 48.1 Å². The first-order chi connectivity index (χ1) is 16.6. The molecule has 0 bridgehead atoms. The van der Waals surface area contributed by atoms with Crippen molar-refractivity contribution in [2.75, 3.05) is 18.8 Å². The smallest absolute Gasteiger partial charge is 0.410 e. The van der Waals surface area contributed by atoms with Gasteiger partial charge in [0.05, 0.1) is 5.69 Å². The minimum absolute atomic E-state index is 0.0469. The number of halogens is 1. The molecule has 1 fully saturated rings. The Balaban J connectivity index is 1.35. The standard InChI is InChI=1S/C26H30FN5O3/c1-25(2,3)35-24(33)31-10-8-26(16-31)9-11-32-22(26)13-20(30-32)18-12-21(23(28)29-14-18)34-15-17-6-4-5-7-19(17)27/h4-7,12-14H,8-11,15-16H2,1-3H3,(H2,28,29)/t26-/m1/s1. The third-order valence-electron chi connectivity index (χ3n) is 6.65. The van der Waals surface area contributed by atoms with E-state index in [-0.39, 0.29) is 29.8 Å². The number of aromatic nitrogens is 3. The number of aryl methyl sites for hydroxylation is 1. The number of nitrogens with two attached hydrogens (primary N) is 1. The second-order valence-electron chi connectivity index (χ2n) is 10.3. The van der Waals surface area contributed by atoms with Crippen molar-refractivity contribution < 1.29 is 18.7 Å². The molecule has 1 atom stereocenters. The second kappa shape index (κ2) is 8.55. The number of fused-ring (bicyclic) bond motifs is 2. The zero-order valence-corrected chi connectivity index (χ0v) is 20.3. The maximum Gasteiger partial charge on any atom is 0.410 e. The van der Waals surface area contributed by atoms with Gasteiger partial charge in [0.1, 0.15) is 18.0 Å². The normalized spacial score (nSPS) is 19.3. The van der Waals surface area contributed by atoms with Gasteiger partial charge < -0.3 is 20.1 Å². The summed E-state index contributed by atoms with van der Waals surface area (Å²) in [4.78, 5) is 18.7. The average molecular weight is 480 g/mol. The molecular weight excluding hydrogens is 449 g/mol. The van der Waals surface area contributed by atoms with E-state index in [1.807, 2.05) is 25.5 Å². The molecule has 2 N–H and O–H groups in total. The summed E-state index contributed by atoms with van der Waals surface area (Å²) < 4.78 is 27.4. The number of pyridine rings is 1. The lowest BCUT2D eigenvalue weighted by atomic mass is 9.82. The number of likely N-dealkylation sites (tertiary alicyclic amines) is 1. The number of amides is 1. The number of carbonyl (C=O) groups excluding carboxylic acids is 1. The summed E-state index contributed by atoms with van der Waals surface area (Å²) in [5, 5.41) is 4.80. The Morgan fingerprint density at radius 1 is 1.20 bits per heavy atom. The zero-order chi connectivity index (χ0) is 24.8. The van der Waals surface area contributed by atoms with Gasteiger partial charge in [0.15, 0.2) is 11.6 Å². The maximum atomic E-state index is 14.0. The van der Waals surface area contributed by atoms with Crippen LogP contribution in [0.1, 0.15) is 44.9 Å². The molecular formula is C26H30FN5O3. The summed E-state index contributed by atoms with van der Waals surface area (Å²) in [6, 6.07) is 10.3. The van der Waals surface area contributed by atoms with Crippen LogP contribution in [-0.4, -0.2) is 44.4 Å². The van der Waals surface area contributed by atoms with Crippen molar-refractivity contribution in [2.24, 2.45) is 0 Å². The molecule has 1 saturated heterocycles. The molecule has 5 rings (SSSR count). The first-order valence-electron chi connectivity index (χ1n) is 11.8. The van der Waals surface area contributed by atoms with E-state index in [0.29, 0.717) is 24.4 Å². The van der Waals surface area contributed by atoms with Crippen molar-refractivity contribution in [3.63, 3.8) is 0 Å². The van der Waals surface area contributed by atoms with Gasteiger partial charge in [0.25, 0.3) is 0 Å². The van der Waals surface area contributed by atoms with Gasteiger partial charge >= 0.3 is 6.09 Å². The second-order valence-corrected chi connectivity index (χ2v) is 10.3. The molecule has 2 aromatic heterocycles.